The molecule has 7 nitrogen and oxygen atoms in total. The molecule has 1 aromatic heterocycles. The quantitative estimate of drug-likeness (QED) is 0.540. The van der Waals surface area contributed by atoms with Crippen molar-refractivity contribution >= 4 is 11.7 Å². The smallest absolute Gasteiger partial charge is 0.337 e. The van der Waals surface area contributed by atoms with Gasteiger partial charge in [0.15, 0.2) is 6.10 Å². The second kappa shape index (κ2) is 10.7. The van der Waals surface area contributed by atoms with Crippen molar-refractivity contribution < 1.29 is 24.1 Å². The molecule has 31 heavy (non-hydrogen) atoms. The van der Waals surface area contributed by atoms with E-state index in [0.29, 0.717) is 37.7 Å². The molecule has 0 saturated carbocycles. The van der Waals surface area contributed by atoms with Gasteiger partial charge in [-0.3, -0.25) is 4.98 Å². The zero-order valence-corrected chi connectivity index (χ0v) is 20.3. The van der Waals surface area contributed by atoms with Gasteiger partial charge in [-0.05, 0) is 58.9 Å². The average molecular weight is 437 g/mol. The molecule has 1 saturated heterocycles. The van der Waals surface area contributed by atoms with Gasteiger partial charge in [0, 0.05) is 36.6 Å². The van der Waals surface area contributed by atoms with Crippen LogP contribution in [-0.2, 0) is 25.6 Å². The Balaban J connectivity index is 2.39. The fourth-order valence-corrected chi connectivity index (χ4v) is 3.77. The van der Waals surface area contributed by atoms with Crippen LogP contribution in [0.4, 0.5) is 5.69 Å². The third-order valence-corrected chi connectivity index (χ3v) is 5.52. The van der Waals surface area contributed by atoms with Gasteiger partial charge in [0.05, 0.1) is 31.1 Å². The zero-order valence-electron chi connectivity index (χ0n) is 20.3. The lowest BCUT2D eigenvalue weighted by molar-refractivity contribution is -0.160. The first-order valence-electron chi connectivity index (χ1n) is 11.2. The van der Waals surface area contributed by atoms with Crippen LogP contribution in [0, 0.1) is 12.3 Å². The lowest BCUT2D eigenvalue weighted by Gasteiger charge is -2.40. The number of rotatable bonds is 10. The number of aliphatic carboxylic acids is 1. The topological polar surface area (TPSA) is 81.1 Å². The first-order valence-corrected chi connectivity index (χ1v) is 11.2. The van der Waals surface area contributed by atoms with Crippen LogP contribution < -0.4 is 4.90 Å². The van der Waals surface area contributed by atoms with Gasteiger partial charge in [-0.15, -0.1) is 0 Å². The number of hydrogen-bond acceptors (Lipinski definition) is 6. The number of aryl methyl sites for hydroxylation is 1. The van der Waals surface area contributed by atoms with Crippen molar-refractivity contribution in [2.75, 3.05) is 37.8 Å². The van der Waals surface area contributed by atoms with E-state index in [2.05, 4.69) is 23.7 Å². The predicted octanol–water partition coefficient (Wildman–Crippen LogP) is 4.51. The number of pyridine rings is 1. The number of nitrogens with zero attached hydrogens (tertiary/aromatic N) is 2. The Morgan fingerprint density at radius 2 is 1.84 bits per heavy atom. The lowest BCUT2D eigenvalue weighted by Crippen LogP contribution is -2.39. The molecule has 1 atom stereocenters. The minimum atomic E-state index is -1.08. The van der Waals surface area contributed by atoms with Crippen LogP contribution >= 0.6 is 0 Å². The molecule has 1 aromatic rings. The Morgan fingerprint density at radius 1 is 1.23 bits per heavy atom. The maximum absolute atomic E-state index is 12.2. The van der Waals surface area contributed by atoms with Crippen molar-refractivity contribution in [3.63, 3.8) is 0 Å². The Morgan fingerprint density at radius 3 is 2.39 bits per heavy atom. The predicted molar refractivity (Wildman–Crippen MR) is 122 cm³/mol. The number of carboxylic acid groups (broad SMARTS) is 1. The van der Waals surface area contributed by atoms with Gasteiger partial charge >= 0.3 is 5.97 Å². The molecule has 0 spiro atoms. The van der Waals surface area contributed by atoms with Crippen LogP contribution in [0.1, 0.15) is 77.4 Å². The van der Waals surface area contributed by atoms with Crippen molar-refractivity contribution in [1.82, 2.24) is 4.98 Å². The van der Waals surface area contributed by atoms with Crippen LogP contribution in [0.2, 0.25) is 0 Å². The standard InChI is InChI=1S/C24H40N2O5/c1-8-29-13-14-30-16-18-15-19(26-11-9-24(6,7)10-12-26)20(17(2)25-18)21(22(27)28)31-23(3,4)5/h15,21H,8-14,16H2,1-7H3,(H,27,28)/t21-/m0/s1. The summed E-state index contributed by atoms with van der Waals surface area (Å²) in [6.45, 7) is 17.8. The van der Waals surface area contributed by atoms with Crippen LogP contribution in [0.5, 0.6) is 0 Å². The maximum Gasteiger partial charge on any atom is 0.337 e. The summed E-state index contributed by atoms with van der Waals surface area (Å²) in [5, 5.41) is 10.0. The van der Waals surface area contributed by atoms with Crippen molar-refractivity contribution in [2.24, 2.45) is 5.41 Å². The zero-order chi connectivity index (χ0) is 23.2. The van der Waals surface area contributed by atoms with Gasteiger partial charge in [0.25, 0.3) is 0 Å². The van der Waals surface area contributed by atoms with E-state index in [1.165, 1.54) is 0 Å². The number of aromatic nitrogens is 1. The van der Waals surface area contributed by atoms with E-state index in [1.54, 1.807) is 0 Å². The fourth-order valence-electron chi connectivity index (χ4n) is 3.77. The van der Waals surface area contributed by atoms with Crippen molar-refractivity contribution in [1.29, 1.82) is 0 Å². The molecule has 1 N–H and O–H groups in total. The average Bonchev–Trinajstić information content (AvgIpc) is 2.65. The number of piperidine rings is 1. The Labute approximate surface area is 187 Å². The first kappa shape index (κ1) is 25.6. The van der Waals surface area contributed by atoms with Gasteiger partial charge in [-0.2, -0.15) is 0 Å². The van der Waals surface area contributed by atoms with Gasteiger partial charge in [-0.25, -0.2) is 4.79 Å². The van der Waals surface area contributed by atoms with Gasteiger partial charge in [0.1, 0.15) is 0 Å². The second-order valence-corrected chi connectivity index (χ2v) is 9.98. The molecule has 0 radical (unpaired) electrons. The van der Waals surface area contributed by atoms with E-state index in [0.717, 1.165) is 37.3 Å². The van der Waals surface area contributed by atoms with Crippen molar-refractivity contribution in [3.05, 3.63) is 23.0 Å². The van der Waals surface area contributed by atoms with E-state index in [-0.39, 0.29) is 5.41 Å². The molecular weight excluding hydrogens is 396 g/mol. The van der Waals surface area contributed by atoms with Gasteiger partial charge < -0.3 is 24.2 Å². The van der Waals surface area contributed by atoms with E-state index in [4.69, 9.17) is 14.2 Å². The summed E-state index contributed by atoms with van der Waals surface area (Å²) in [7, 11) is 0. The van der Waals surface area contributed by atoms with E-state index in [1.807, 2.05) is 40.7 Å². The molecular formula is C24H40N2O5. The summed E-state index contributed by atoms with van der Waals surface area (Å²) in [5.41, 5.74) is 2.68. The van der Waals surface area contributed by atoms with E-state index < -0.39 is 17.7 Å². The Bertz CT molecular complexity index is 732. The molecule has 0 aromatic carbocycles. The molecule has 0 bridgehead atoms. The Hall–Kier alpha value is -1.70. The Kier molecular flexibility index (Phi) is 8.86. The third-order valence-electron chi connectivity index (χ3n) is 5.52. The number of hydrogen-bond donors (Lipinski definition) is 1. The van der Waals surface area contributed by atoms with E-state index >= 15 is 0 Å². The highest BCUT2D eigenvalue weighted by molar-refractivity contribution is 5.78. The van der Waals surface area contributed by atoms with Crippen LogP contribution in [-0.4, -0.2) is 54.6 Å². The van der Waals surface area contributed by atoms with Crippen LogP contribution in [0.15, 0.2) is 6.07 Å². The minimum Gasteiger partial charge on any atom is -0.479 e. The molecule has 1 aliphatic heterocycles. The summed E-state index contributed by atoms with van der Waals surface area (Å²) in [4.78, 5) is 19.2. The normalized spacial score (nSPS) is 17.6. The summed E-state index contributed by atoms with van der Waals surface area (Å²) < 4.78 is 17.0. The summed E-state index contributed by atoms with van der Waals surface area (Å²) in [5.74, 6) is -1.00. The molecule has 0 amide bonds. The highest BCUT2D eigenvalue weighted by atomic mass is 16.5. The molecule has 7 heteroatoms. The largest absolute Gasteiger partial charge is 0.479 e. The first-order chi connectivity index (χ1) is 14.4. The summed E-state index contributed by atoms with van der Waals surface area (Å²) >= 11 is 0. The molecule has 1 fully saturated rings. The fraction of sp³-hybridized carbons (Fsp3) is 0.750. The van der Waals surface area contributed by atoms with Gasteiger partial charge in [-0.1, -0.05) is 13.8 Å². The van der Waals surface area contributed by atoms with Crippen LogP contribution in [0.25, 0.3) is 0 Å². The van der Waals surface area contributed by atoms with Gasteiger partial charge in [0.2, 0.25) is 0 Å². The maximum atomic E-state index is 12.2. The van der Waals surface area contributed by atoms with Crippen LogP contribution in [0.3, 0.4) is 0 Å². The minimum absolute atomic E-state index is 0.290. The number of anilines is 1. The molecule has 2 heterocycles. The number of carboxylic acids is 1. The number of ether oxygens (including phenoxy) is 3. The number of carbonyl (C=O) groups is 1. The molecule has 0 aliphatic carbocycles. The highest BCUT2D eigenvalue weighted by Gasteiger charge is 2.34. The molecule has 1 aliphatic rings. The summed E-state index contributed by atoms with van der Waals surface area (Å²) in [6.07, 6.45) is 1.02. The highest BCUT2D eigenvalue weighted by Crippen LogP contribution is 2.38. The third kappa shape index (κ3) is 7.74. The SMILES string of the molecule is CCOCCOCc1cc(N2CCC(C)(C)CC2)c([C@H](OC(C)(C)C)C(=O)O)c(C)n1. The molecule has 176 valence electrons. The second-order valence-electron chi connectivity index (χ2n) is 9.98. The monoisotopic (exact) mass is 436 g/mol. The van der Waals surface area contributed by atoms with E-state index in [9.17, 15) is 9.90 Å². The lowest BCUT2D eigenvalue weighted by atomic mass is 9.82. The molecule has 2 rings (SSSR count). The molecule has 0 unspecified atom stereocenters. The van der Waals surface area contributed by atoms with Crippen molar-refractivity contribution in [3.8, 4) is 0 Å². The summed E-state index contributed by atoms with van der Waals surface area (Å²) in [6, 6.07) is 1.98. The van der Waals surface area contributed by atoms with Crippen molar-refractivity contribution in [2.45, 2.75) is 79.6 Å².